The second-order valence-electron chi connectivity index (χ2n) is 3.67. The van der Waals surface area contributed by atoms with Gasteiger partial charge in [-0.3, -0.25) is 0 Å². The minimum atomic E-state index is -1.44. The van der Waals surface area contributed by atoms with Crippen LogP contribution in [-0.2, 0) is 4.79 Å². The average Bonchev–Trinajstić information content (AvgIpc) is 2.26. The smallest absolute Gasteiger partial charge is 0.327 e. The highest BCUT2D eigenvalue weighted by molar-refractivity contribution is 5.78. The largest absolute Gasteiger partial charge is 0.478 e. The fourth-order valence-electron chi connectivity index (χ4n) is 1.40. The van der Waals surface area contributed by atoms with Crippen molar-refractivity contribution in [1.82, 2.24) is 0 Å². The number of carboxylic acids is 1. The molecule has 0 fully saturated rings. The summed E-state index contributed by atoms with van der Waals surface area (Å²) < 4.78 is 0. The Labute approximate surface area is 97.6 Å². The lowest BCUT2D eigenvalue weighted by atomic mass is 9.90. The van der Waals surface area contributed by atoms with Crippen LogP contribution < -0.4 is 0 Å². The molecule has 1 unspecified atom stereocenters. The van der Waals surface area contributed by atoms with Crippen LogP contribution >= 0.6 is 0 Å². The number of aliphatic hydroxyl groups is 2. The molecule has 0 heterocycles. The Bertz CT molecular complexity index is 199. The molecule has 0 rings (SSSR count). The van der Waals surface area contributed by atoms with Crippen LogP contribution in [0.25, 0.3) is 0 Å². The van der Waals surface area contributed by atoms with Gasteiger partial charge in [0.15, 0.2) is 5.79 Å². The fourth-order valence-corrected chi connectivity index (χ4v) is 1.40. The molecule has 0 aromatic carbocycles. The first-order valence-corrected chi connectivity index (χ1v) is 5.65. The molecule has 4 heteroatoms. The van der Waals surface area contributed by atoms with E-state index in [0.717, 1.165) is 25.3 Å². The number of carbonyl (C=O) groups is 1. The van der Waals surface area contributed by atoms with Crippen molar-refractivity contribution >= 4 is 5.97 Å². The maximum absolute atomic E-state index is 9.47. The third-order valence-corrected chi connectivity index (χ3v) is 2.48. The summed E-state index contributed by atoms with van der Waals surface area (Å²) in [6.45, 7) is 8.83. The van der Waals surface area contributed by atoms with Gasteiger partial charge in [0.2, 0.25) is 0 Å². The molecule has 0 aromatic rings. The van der Waals surface area contributed by atoms with Gasteiger partial charge in [-0.25, -0.2) is 4.79 Å². The molecule has 0 amide bonds. The Morgan fingerprint density at radius 3 is 2.00 bits per heavy atom. The summed E-state index contributed by atoms with van der Waals surface area (Å²) in [7, 11) is 0. The van der Waals surface area contributed by atoms with Crippen LogP contribution in [0.5, 0.6) is 0 Å². The summed E-state index contributed by atoms with van der Waals surface area (Å²) >= 11 is 0. The summed E-state index contributed by atoms with van der Waals surface area (Å²) in [6, 6.07) is 0. The van der Waals surface area contributed by atoms with E-state index in [4.69, 9.17) is 5.11 Å². The van der Waals surface area contributed by atoms with Crippen molar-refractivity contribution in [3.63, 3.8) is 0 Å². The molecular weight excluding hydrogens is 208 g/mol. The highest BCUT2D eigenvalue weighted by atomic mass is 16.5. The molecule has 0 aliphatic heterocycles. The number of carboxylic acid groups (broad SMARTS) is 1. The third-order valence-electron chi connectivity index (χ3n) is 2.48. The van der Waals surface area contributed by atoms with Crippen LogP contribution in [0.2, 0.25) is 0 Å². The van der Waals surface area contributed by atoms with Crippen LogP contribution in [0.1, 0.15) is 46.5 Å². The quantitative estimate of drug-likeness (QED) is 0.484. The molecule has 0 aliphatic carbocycles. The van der Waals surface area contributed by atoms with Crippen molar-refractivity contribution in [2.75, 3.05) is 0 Å². The van der Waals surface area contributed by atoms with Gasteiger partial charge in [-0.2, -0.15) is 0 Å². The van der Waals surface area contributed by atoms with E-state index in [1.54, 1.807) is 6.92 Å². The average molecular weight is 232 g/mol. The predicted molar refractivity (Wildman–Crippen MR) is 64.0 cm³/mol. The Morgan fingerprint density at radius 1 is 1.38 bits per heavy atom. The van der Waals surface area contributed by atoms with E-state index in [1.807, 2.05) is 6.92 Å². The number of rotatable bonds is 6. The minimum absolute atomic E-state index is 0.0394. The van der Waals surface area contributed by atoms with Crippen LogP contribution in [0, 0.1) is 5.92 Å². The standard InChI is InChI=1S/C9H20O2.C3H4O2/c1-4-7-8(5-2)9(10,11)6-3;1-2-3(4)5/h8,10-11H,4-7H2,1-3H3;2H,1H2,(H,4,5). The van der Waals surface area contributed by atoms with Gasteiger partial charge in [0.1, 0.15) is 0 Å². The minimum Gasteiger partial charge on any atom is -0.478 e. The molecule has 4 nitrogen and oxygen atoms in total. The number of hydrogen-bond acceptors (Lipinski definition) is 3. The van der Waals surface area contributed by atoms with Crippen molar-refractivity contribution in [2.24, 2.45) is 5.92 Å². The van der Waals surface area contributed by atoms with Crippen molar-refractivity contribution in [1.29, 1.82) is 0 Å². The van der Waals surface area contributed by atoms with Crippen LogP contribution in [0.4, 0.5) is 0 Å². The van der Waals surface area contributed by atoms with Crippen molar-refractivity contribution in [2.45, 2.75) is 52.2 Å². The monoisotopic (exact) mass is 232 g/mol. The molecule has 0 aliphatic rings. The molecule has 0 bridgehead atoms. The Balaban J connectivity index is 0. The lowest BCUT2D eigenvalue weighted by Gasteiger charge is -2.29. The van der Waals surface area contributed by atoms with Gasteiger partial charge in [-0.15, -0.1) is 0 Å². The first kappa shape index (κ1) is 17.5. The van der Waals surface area contributed by atoms with Gasteiger partial charge in [-0.05, 0) is 19.3 Å². The molecule has 3 N–H and O–H groups in total. The van der Waals surface area contributed by atoms with E-state index in [9.17, 15) is 15.0 Å². The number of aliphatic carboxylic acids is 1. The summed E-state index contributed by atoms with van der Waals surface area (Å²) in [5.41, 5.74) is 0. The van der Waals surface area contributed by atoms with Crippen LogP contribution in [0.3, 0.4) is 0 Å². The molecule has 16 heavy (non-hydrogen) atoms. The summed E-state index contributed by atoms with van der Waals surface area (Å²) in [5.74, 6) is -2.38. The van der Waals surface area contributed by atoms with Gasteiger partial charge in [0.05, 0.1) is 0 Å². The third kappa shape index (κ3) is 8.44. The molecule has 0 saturated carbocycles. The molecule has 0 spiro atoms. The normalized spacial score (nSPS) is 12.3. The molecule has 96 valence electrons. The maximum Gasteiger partial charge on any atom is 0.327 e. The van der Waals surface area contributed by atoms with E-state index < -0.39 is 11.8 Å². The van der Waals surface area contributed by atoms with E-state index in [1.165, 1.54) is 0 Å². The lowest BCUT2D eigenvalue weighted by Crippen LogP contribution is -2.36. The second-order valence-corrected chi connectivity index (χ2v) is 3.67. The van der Waals surface area contributed by atoms with Gasteiger partial charge >= 0.3 is 5.97 Å². The summed E-state index contributed by atoms with van der Waals surface area (Å²) in [6.07, 6.45) is 4.01. The molecule has 0 radical (unpaired) electrons. The Kier molecular flexibility index (Phi) is 10.3. The van der Waals surface area contributed by atoms with E-state index in [-0.39, 0.29) is 5.92 Å². The van der Waals surface area contributed by atoms with Crippen molar-refractivity contribution in [3.05, 3.63) is 12.7 Å². The highest BCUT2D eigenvalue weighted by Crippen LogP contribution is 2.25. The summed E-state index contributed by atoms with van der Waals surface area (Å²) in [5, 5.41) is 26.5. The van der Waals surface area contributed by atoms with Crippen molar-refractivity contribution < 1.29 is 20.1 Å². The molecule has 0 aromatic heterocycles. The molecule has 0 saturated heterocycles. The molecular formula is C12H24O4. The predicted octanol–water partition coefficient (Wildman–Crippen LogP) is 2.16. The highest BCUT2D eigenvalue weighted by Gasteiger charge is 2.29. The first-order chi connectivity index (χ1) is 7.35. The topological polar surface area (TPSA) is 77.8 Å². The fraction of sp³-hybridized carbons (Fsp3) is 0.750. The van der Waals surface area contributed by atoms with Gasteiger partial charge < -0.3 is 15.3 Å². The first-order valence-electron chi connectivity index (χ1n) is 5.65. The zero-order valence-electron chi connectivity index (χ0n) is 10.4. The Hall–Kier alpha value is -0.870. The van der Waals surface area contributed by atoms with Gasteiger partial charge in [-0.1, -0.05) is 33.8 Å². The van der Waals surface area contributed by atoms with E-state index in [2.05, 4.69) is 13.5 Å². The Morgan fingerprint density at radius 2 is 1.81 bits per heavy atom. The van der Waals surface area contributed by atoms with Gasteiger partial charge in [0.25, 0.3) is 0 Å². The van der Waals surface area contributed by atoms with Crippen molar-refractivity contribution in [3.8, 4) is 0 Å². The van der Waals surface area contributed by atoms with Gasteiger partial charge in [0, 0.05) is 12.0 Å². The molecule has 1 atom stereocenters. The lowest BCUT2D eigenvalue weighted by molar-refractivity contribution is -0.204. The SMILES string of the molecule is C=CC(=O)O.CCCC(CC)C(O)(O)CC. The van der Waals surface area contributed by atoms with E-state index in [0.29, 0.717) is 6.42 Å². The second kappa shape index (κ2) is 9.36. The number of hydrogen-bond donors (Lipinski definition) is 3. The maximum atomic E-state index is 9.47. The van der Waals surface area contributed by atoms with Crippen LogP contribution in [-0.4, -0.2) is 27.1 Å². The summed E-state index contributed by atoms with van der Waals surface area (Å²) in [4.78, 5) is 9.25. The van der Waals surface area contributed by atoms with Crippen LogP contribution in [0.15, 0.2) is 12.7 Å². The zero-order valence-corrected chi connectivity index (χ0v) is 10.4. The van der Waals surface area contributed by atoms with E-state index >= 15 is 0 Å². The zero-order chi connectivity index (χ0) is 13.2.